The first-order valence-electron chi connectivity index (χ1n) is 10.5. The monoisotopic (exact) mass is 398 g/mol. The maximum Gasteiger partial charge on any atom is 0.258 e. The van der Waals surface area contributed by atoms with Crippen molar-refractivity contribution in [3.63, 3.8) is 0 Å². The Morgan fingerprint density at radius 3 is 2.17 bits per heavy atom. The van der Waals surface area contributed by atoms with Gasteiger partial charge in [-0.2, -0.15) is 0 Å². The molecule has 1 heterocycles. The molecule has 2 amide bonds. The number of nitrogens with zero attached hydrogens (tertiary/aromatic N) is 2. The van der Waals surface area contributed by atoms with Gasteiger partial charge in [-0.3, -0.25) is 9.59 Å². The normalized spacial score (nSPS) is 17.9. The van der Waals surface area contributed by atoms with Crippen LogP contribution in [0, 0.1) is 0 Å². The molecule has 0 saturated heterocycles. The molecule has 4 rings (SSSR count). The molecular formula is C26H26N2O2. The Kier molecular flexibility index (Phi) is 5.66. The van der Waals surface area contributed by atoms with E-state index in [9.17, 15) is 9.59 Å². The van der Waals surface area contributed by atoms with Crippen LogP contribution >= 0.6 is 0 Å². The highest BCUT2D eigenvalue weighted by Gasteiger charge is 2.38. The van der Waals surface area contributed by atoms with E-state index < -0.39 is 0 Å². The zero-order chi connectivity index (χ0) is 21.1. The summed E-state index contributed by atoms with van der Waals surface area (Å²) in [5, 5.41) is 0. The molecule has 3 aromatic carbocycles. The predicted octanol–water partition coefficient (Wildman–Crippen LogP) is 5.61. The zero-order valence-corrected chi connectivity index (χ0v) is 17.4. The van der Waals surface area contributed by atoms with Crippen molar-refractivity contribution in [2.75, 3.05) is 9.80 Å². The van der Waals surface area contributed by atoms with Crippen LogP contribution < -0.4 is 9.80 Å². The molecule has 1 aliphatic heterocycles. The molecule has 1 aliphatic rings. The Balaban J connectivity index is 1.85. The fourth-order valence-corrected chi connectivity index (χ4v) is 4.32. The van der Waals surface area contributed by atoms with Crippen LogP contribution in [0.15, 0.2) is 84.9 Å². The number of carbonyl (C=O) groups excluding carboxylic acids is 2. The third-order valence-electron chi connectivity index (χ3n) is 5.72. The Labute approximate surface area is 177 Å². The lowest BCUT2D eigenvalue weighted by Gasteiger charge is -2.43. The molecular weight excluding hydrogens is 372 g/mol. The number of para-hydroxylation sites is 2. The lowest BCUT2D eigenvalue weighted by molar-refractivity contribution is -0.118. The van der Waals surface area contributed by atoms with Crippen molar-refractivity contribution < 1.29 is 9.59 Å². The van der Waals surface area contributed by atoms with Gasteiger partial charge in [0, 0.05) is 29.4 Å². The summed E-state index contributed by atoms with van der Waals surface area (Å²) >= 11 is 0. The van der Waals surface area contributed by atoms with Crippen LogP contribution in [0.1, 0.15) is 48.7 Å². The first kappa shape index (κ1) is 19.9. The highest BCUT2D eigenvalue weighted by atomic mass is 16.2. The number of hydrogen-bond donors (Lipinski definition) is 0. The molecule has 0 spiro atoms. The van der Waals surface area contributed by atoms with E-state index >= 15 is 0 Å². The molecule has 0 saturated carbocycles. The van der Waals surface area contributed by atoms with Gasteiger partial charge in [-0.05, 0) is 49.2 Å². The van der Waals surface area contributed by atoms with Crippen molar-refractivity contribution in [2.45, 2.75) is 38.8 Å². The van der Waals surface area contributed by atoms with Crippen LogP contribution in [-0.2, 0) is 4.79 Å². The van der Waals surface area contributed by atoms with Gasteiger partial charge in [0.15, 0.2) is 0 Å². The van der Waals surface area contributed by atoms with Crippen LogP contribution in [0.5, 0.6) is 0 Å². The van der Waals surface area contributed by atoms with Crippen molar-refractivity contribution >= 4 is 23.2 Å². The van der Waals surface area contributed by atoms with Crippen molar-refractivity contribution in [3.8, 4) is 0 Å². The Hall–Kier alpha value is -3.40. The number of carbonyl (C=O) groups is 2. The topological polar surface area (TPSA) is 40.6 Å². The molecule has 3 aromatic rings. The predicted molar refractivity (Wildman–Crippen MR) is 121 cm³/mol. The van der Waals surface area contributed by atoms with Crippen molar-refractivity contribution in [1.29, 1.82) is 0 Å². The van der Waals surface area contributed by atoms with Crippen LogP contribution in [0.4, 0.5) is 11.4 Å². The van der Waals surface area contributed by atoms with E-state index in [2.05, 4.69) is 6.92 Å². The lowest BCUT2D eigenvalue weighted by atomic mass is 9.89. The minimum atomic E-state index is -0.160. The van der Waals surface area contributed by atoms with E-state index in [0.717, 1.165) is 16.9 Å². The van der Waals surface area contributed by atoms with Crippen LogP contribution in [-0.4, -0.2) is 17.9 Å². The Morgan fingerprint density at radius 1 is 0.900 bits per heavy atom. The van der Waals surface area contributed by atoms with Crippen molar-refractivity contribution in [1.82, 2.24) is 0 Å². The molecule has 0 fully saturated rings. The maximum absolute atomic E-state index is 13.7. The van der Waals surface area contributed by atoms with Gasteiger partial charge in [-0.15, -0.1) is 0 Å². The first-order chi connectivity index (χ1) is 14.6. The van der Waals surface area contributed by atoms with E-state index in [1.165, 1.54) is 0 Å². The number of anilines is 2. The van der Waals surface area contributed by atoms with E-state index in [4.69, 9.17) is 0 Å². The average Bonchev–Trinajstić information content (AvgIpc) is 2.80. The van der Waals surface area contributed by atoms with E-state index in [0.29, 0.717) is 18.4 Å². The maximum atomic E-state index is 13.7. The minimum Gasteiger partial charge on any atom is -0.309 e. The van der Waals surface area contributed by atoms with Crippen molar-refractivity contribution in [2.24, 2.45) is 0 Å². The van der Waals surface area contributed by atoms with Gasteiger partial charge in [0.2, 0.25) is 5.91 Å². The molecule has 0 aromatic heterocycles. The highest BCUT2D eigenvalue weighted by molar-refractivity contribution is 6.07. The molecule has 0 bridgehead atoms. The molecule has 2 unspecified atom stereocenters. The molecule has 4 heteroatoms. The van der Waals surface area contributed by atoms with Gasteiger partial charge in [-0.25, -0.2) is 0 Å². The summed E-state index contributed by atoms with van der Waals surface area (Å²) in [6.45, 7) is 3.95. The number of fused-ring (bicyclic) bond motifs is 1. The highest BCUT2D eigenvalue weighted by Crippen LogP contribution is 2.42. The lowest BCUT2D eigenvalue weighted by Crippen LogP contribution is -2.47. The molecule has 0 aliphatic carbocycles. The summed E-state index contributed by atoms with van der Waals surface area (Å²) in [7, 11) is 0. The molecule has 30 heavy (non-hydrogen) atoms. The quantitative estimate of drug-likeness (QED) is 0.573. The van der Waals surface area contributed by atoms with Crippen LogP contribution in [0.2, 0.25) is 0 Å². The average molecular weight is 399 g/mol. The fraction of sp³-hybridized carbons (Fsp3) is 0.231. The van der Waals surface area contributed by atoms with Crippen molar-refractivity contribution in [3.05, 3.63) is 96.1 Å². The molecule has 0 radical (unpaired) electrons. The summed E-state index contributed by atoms with van der Waals surface area (Å²) in [6, 6.07) is 27.0. The molecule has 152 valence electrons. The van der Waals surface area contributed by atoms with E-state index in [1.807, 2.05) is 102 Å². The summed E-state index contributed by atoms with van der Waals surface area (Å²) < 4.78 is 0. The Morgan fingerprint density at radius 2 is 1.50 bits per heavy atom. The van der Waals surface area contributed by atoms with Gasteiger partial charge in [0.1, 0.15) is 0 Å². The summed E-state index contributed by atoms with van der Waals surface area (Å²) in [4.78, 5) is 30.1. The van der Waals surface area contributed by atoms with Gasteiger partial charge < -0.3 is 9.80 Å². The van der Waals surface area contributed by atoms with E-state index in [1.54, 1.807) is 0 Å². The van der Waals surface area contributed by atoms with Crippen LogP contribution in [0.3, 0.4) is 0 Å². The second kappa shape index (κ2) is 8.54. The largest absolute Gasteiger partial charge is 0.309 e. The standard InChI is InChI=1S/C26H26N2O2/c1-3-25(29)27-19(2)18-24(22-16-10-11-17-23(22)27)28(21-14-8-5-9-15-21)26(30)20-12-6-4-7-13-20/h4-17,19,24H,3,18H2,1-2H3. The summed E-state index contributed by atoms with van der Waals surface area (Å²) in [5.74, 6) is 0.0677. The van der Waals surface area contributed by atoms with E-state index in [-0.39, 0.29) is 23.9 Å². The molecule has 2 atom stereocenters. The van der Waals surface area contributed by atoms with Gasteiger partial charge in [-0.1, -0.05) is 61.5 Å². The fourth-order valence-electron chi connectivity index (χ4n) is 4.32. The number of rotatable bonds is 4. The third kappa shape index (κ3) is 3.61. The van der Waals surface area contributed by atoms with Gasteiger partial charge in [0.05, 0.1) is 6.04 Å². The zero-order valence-electron chi connectivity index (χ0n) is 17.4. The number of benzene rings is 3. The molecule has 4 nitrogen and oxygen atoms in total. The second-order valence-corrected chi connectivity index (χ2v) is 7.65. The summed E-state index contributed by atoms with van der Waals surface area (Å²) in [5.41, 5.74) is 3.41. The van der Waals surface area contributed by atoms with Crippen LogP contribution in [0.25, 0.3) is 0 Å². The van der Waals surface area contributed by atoms with Gasteiger partial charge >= 0.3 is 0 Å². The first-order valence-corrected chi connectivity index (χ1v) is 10.5. The SMILES string of the molecule is CCC(=O)N1c2ccccc2C(N(C(=O)c2ccccc2)c2ccccc2)CC1C. The summed E-state index contributed by atoms with van der Waals surface area (Å²) in [6.07, 6.45) is 1.13. The Bertz CT molecular complexity index is 1030. The number of hydrogen-bond acceptors (Lipinski definition) is 2. The minimum absolute atomic E-state index is 0.00728. The smallest absolute Gasteiger partial charge is 0.258 e. The van der Waals surface area contributed by atoms with Gasteiger partial charge in [0.25, 0.3) is 5.91 Å². The second-order valence-electron chi connectivity index (χ2n) is 7.65. The molecule has 0 N–H and O–H groups in total. The third-order valence-corrected chi connectivity index (χ3v) is 5.72. The number of amides is 2.